The summed E-state index contributed by atoms with van der Waals surface area (Å²) in [5, 5.41) is 15.4. The van der Waals surface area contributed by atoms with Gasteiger partial charge in [0.05, 0.1) is 16.0 Å². The maximum Gasteiger partial charge on any atom is 0.417 e. The summed E-state index contributed by atoms with van der Waals surface area (Å²) in [4.78, 5) is 35.9. The maximum atomic E-state index is 14.3. The molecule has 2 amide bonds. The fraction of sp³-hybridized carbons (Fsp3) is 0.600. The van der Waals surface area contributed by atoms with Crippen molar-refractivity contribution in [3.63, 3.8) is 0 Å². The van der Waals surface area contributed by atoms with Crippen LogP contribution >= 0.6 is 11.3 Å². The first-order valence-corrected chi connectivity index (χ1v) is 13.3. The molecule has 3 heterocycles. The molecule has 4 rings (SSSR count). The molecule has 3 N–H and O–H groups in total. The van der Waals surface area contributed by atoms with Gasteiger partial charge in [-0.25, -0.2) is 9.97 Å². The average Bonchev–Trinajstić information content (AvgIpc) is 3.27. The molecule has 1 unspecified atom stereocenters. The second-order valence-corrected chi connectivity index (χ2v) is 11.4. The zero-order valence-corrected chi connectivity index (χ0v) is 21.9. The first kappa shape index (κ1) is 27.3. The Bertz CT molecular complexity index is 1160. The Morgan fingerprint density at radius 1 is 1.19 bits per heavy atom. The van der Waals surface area contributed by atoms with Gasteiger partial charge in [0.2, 0.25) is 0 Å². The first-order valence-electron chi connectivity index (χ1n) is 12.5. The Morgan fingerprint density at radius 2 is 1.89 bits per heavy atom. The molecular formula is C25H32F3N5O3S. The van der Waals surface area contributed by atoms with Gasteiger partial charge in [-0.05, 0) is 46.1 Å². The van der Waals surface area contributed by atoms with Gasteiger partial charge in [0.25, 0.3) is 11.8 Å². The van der Waals surface area contributed by atoms with Crippen molar-refractivity contribution in [2.24, 2.45) is 0 Å². The van der Waals surface area contributed by atoms with Crippen LogP contribution in [0.15, 0.2) is 12.3 Å². The molecule has 8 nitrogen and oxygen atoms in total. The number of carbonyl (C=O) groups is 2. The Labute approximate surface area is 217 Å². The van der Waals surface area contributed by atoms with Gasteiger partial charge < -0.3 is 20.6 Å². The van der Waals surface area contributed by atoms with Gasteiger partial charge in [-0.3, -0.25) is 9.59 Å². The van der Waals surface area contributed by atoms with E-state index in [4.69, 9.17) is 0 Å². The SMILES string of the molecule is CC1CCN1C(=O)c1nc(C(=O)NCC(C)(C)O)sc1-c1cnc(NC2CCCCC2)cc1C(F)(F)F. The molecule has 1 aliphatic carbocycles. The van der Waals surface area contributed by atoms with Gasteiger partial charge in [-0.2, -0.15) is 13.2 Å². The minimum Gasteiger partial charge on any atom is -0.389 e. The number of aromatic nitrogens is 2. The highest BCUT2D eigenvalue weighted by molar-refractivity contribution is 7.17. The van der Waals surface area contributed by atoms with Gasteiger partial charge in [0.15, 0.2) is 5.01 Å². The maximum absolute atomic E-state index is 14.3. The first-order chi connectivity index (χ1) is 17.3. The summed E-state index contributed by atoms with van der Waals surface area (Å²) in [7, 11) is 0. The van der Waals surface area contributed by atoms with Crippen LogP contribution in [0.1, 0.15) is 85.2 Å². The number of hydrogen-bond donors (Lipinski definition) is 3. The number of halogens is 3. The van der Waals surface area contributed by atoms with Crippen molar-refractivity contribution in [1.82, 2.24) is 20.2 Å². The zero-order valence-electron chi connectivity index (χ0n) is 21.1. The van der Waals surface area contributed by atoms with E-state index in [1.807, 2.05) is 6.92 Å². The van der Waals surface area contributed by atoms with Crippen LogP contribution in [0.5, 0.6) is 0 Å². The second-order valence-electron chi connectivity index (χ2n) is 10.4. The van der Waals surface area contributed by atoms with Crippen LogP contribution in [0.4, 0.5) is 19.0 Å². The summed E-state index contributed by atoms with van der Waals surface area (Å²) in [5.74, 6) is -1.08. The van der Waals surface area contributed by atoms with E-state index in [0.717, 1.165) is 50.8 Å². The van der Waals surface area contributed by atoms with Crippen molar-refractivity contribution in [3.05, 3.63) is 28.5 Å². The highest BCUT2D eigenvalue weighted by atomic mass is 32.1. The van der Waals surface area contributed by atoms with E-state index < -0.39 is 29.2 Å². The molecule has 1 aliphatic heterocycles. The zero-order chi connectivity index (χ0) is 27.0. The standard InChI is InChI=1S/C25H32F3N5O3S/c1-14-9-10-33(14)23(35)19-20(37-22(32-19)21(34)30-13-24(2,3)36)16-12-29-18(11-17(16)25(26,27)28)31-15-7-5-4-6-8-15/h11-12,14-15,36H,4-10,13H2,1-3H3,(H,29,31)(H,30,34). The lowest BCUT2D eigenvalue weighted by Crippen LogP contribution is -2.49. The second kappa shape index (κ2) is 10.6. The molecule has 1 saturated heterocycles. The number of rotatable bonds is 7. The number of carbonyl (C=O) groups excluding carboxylic acids is 2. The van der Waals surface area contributed by atoms with E-state index in [-0.39, 0.29) is 45.6 Å². The van der Waals surface area contributed by atoms with Crippen molar-refractivity contribution in [2.45, 2.75) is 83.2 Å². The molecule has 2 aromatic heterocycles. The summed E-state index contributed by atoms with van der Waals surface area (Å²) < 4.78 is 42.8. The van der Waals surface area contributed by atoms with Gasteiger partial charge >= 0.3 is 6.18 Å². The van der Waals surface area contributed by atoms with Crippen LogP contribution < -0.4 is 10.6 Å². The smallest absolute Gasteiger partial charge is 0.389 e. The van der Waals surface area contributed by atoms with Gasteiger partial charge in [-0.1, -0.05) is 19.3 Å². The van der Waals surface area contributed by atoms with E-state index in [0.29, 0.717) is 17.9 Å². The fourth-order valence-electron chi connectivity index (χ4n) is 4.48. The molecule has 0 radical (unpaired) electrons. The van der Waals surface area contributed by atoms with Crippen molar-refractivity contribution in [3.8, 4) is 10.4 Å². The molecule has 2 aromatic rings. The quantitative estimate of drug-likeness (QED) is 0.471. The van der Waals surface area contributed by atoms with Crippen molar-refractivity contribution in [1.29, 1.82) is 0 Å². The number of aliphatic hydroxyl groups is 1. The average molecular weight is 540 g/mol. The summed E-state index contributed by atoms with van der Waals surface area (Å²) >= 11 is 0.712. The Morgan fingerprint density at radius 3 is 2.46 bits per heavy atom. The van der Waals surface area contributed by atoms with Gasteiger partial charge in [0.1, 0.15) is 11.5 Å². The number of thiazole rings is 1. The number of nitrogens with zero attached hydrogens (tertiary/aromatic N) is 3. The third-order valence-electron chi connectivity index (χ3n) is 6.70. The van der Waals surface area contributed by atoms with E-state index in [1.54, 1.807) is 0 Å². The van der Waals surface area contributed by atoms with Crippen LogP contribution in [0, 0.1) is 0 Å². The lowest BCUT2D eigenvalue weighted by molar-refractivity contribution is -0.137. The molecule has 202 valence electrons. The molecule has 0 aromatic carbocycles. The van der Waals surface area contributed by atoms with Crippen LogP contribution in [0.25, 0.3) is 10.4 Å². The lowest BCUT2D eigenvalue weighted by Gasteiger charge is -2.38. The Hall–Kier alpha value is -2.73. The molecule has 12 heteroatoms. The van der Waals surface area contributed by atoms with E-state index in [9.17, 15) is 27.9 Å². The molecule has 0 bridgehead atoms. The molecule has 2 fully saturated rings. The number of nitrogens with one attached hydrogen (secondary N) is 2. The van der Waals surface area contributed by atoms with Crippen molar-refractivity contribution < 1.29 is 27.9 Å². The molecule has 1 atom stereocenters. The summed E-state index contributed by atoms with van der Waals surface area (Å²) in [5.41, 5.74) is -2.64. The number of hydrogen-bond acceptors (Lipinski definition) is 7. The predicted octanol–water partition coefficient (Wildman–Crippen LogP) is 4.70. The number of anilines is 1. The number of pyridine rings is 1. The monoisotopic (exact) mass is 539 g/mol. The number of alkyl halides is 3. The molecular weight excluding hydrogens is 507 g/mol. The van der Waals surface area contributed by atoms with Crippen LogP contribution in [0.3, 0.4) is 0 Å². The normalized spacial score (nSPS) is 18.9. The van der Waals surface area contributed by atoms with E-state index in [2.05, 4.69) is 20.6 Å². The summed E-state index contributed by atoms with van der Waals surface area (Å²) in [6.45, 7) is 5.23. The van der Waals surface area contributed by atoms with Crippen molar-refractivity contribution >= 4 is 29.0 Å². The highest BCUT2D eigenvalue weighted by Gasteiger charge is 2.39. The highest BCUT2D eigenvalue weighted by Crippen LogP contribution is 2.42. The predicted molar refractivity (Wildman–Crippen MR) is 135 cm³/mol. The molecule has 1 saturated carbocycles. The molecule has 2 aliphatic rings. The molecule has 0 spiro atoms. The summed E-state index contributed by atoms with van der Waals surface area (Å²) in [6.07, 6.45) is 2.05. The minimum absolute atomic E-state index is 0.0541. The Balaban J connectivity index is 1.74. The van der Waals surface area contributed by atoms with Crippen LogP contribution in [-0.2, 0) is 6.18 Å². The fourth-order valence-corrected chi connectivity index (χ4v) is 5.47. The third-order valence-corrected chi connectivity index (χ3v) is 7.78. The van der Waals surface area contributed by atoms with Gasteiger partial charge in [0, 0.05) is 36.9 Å². The van der Waals surface area contributed by atoms with Crippen LogP contribution in [0.2, 0.25) is 0 Å². The van der Waals surface area contributed by atoms with Crippen LogP contribution in [-0.4, -0.2) is 62.6 Å². The van der Waals surface area contributed by atoms with Crippen molar-refractivity contribution in [2.75, 3.05) is 18.4 Å². The summed E-state index contributed by atoms with van der Waals surface area (Å²) in [6, 6.07) is 0.961. The van der Waals surface area contributed by atoms with E-state index in [1.165, 1.54) is 18.7 Å². The topological polar surface area (TPSA) is 107 Å². The third kappa shape index (κ3) is 6.40. The minimum atomic E-state index is -4.72. The lowest BCUT2D eigenvalue weighted by atomic mass is 9.95. The molecule has 37 heavy (non-hydrogen) atoms. The van der Waals surface area contributed by atoms with E-state index >= 15 is 0 Å². The number of amides is 2. The largest absolute Gasteiger partial charge is 0.417 e. The number of likely N-dealkylation sites (tertiary alicyclic amines) is 1. The Kier molecular flexibility index (Phi) is 7.80. The van der Waals surface area contributed by atoms with Gasteiger partial charge in [-0.15, -0.1) is 11.3 Å².